The van der Waals surface area contributed by atoms with E-state index in [4.69, 9.17) is 0 Å². The molecule has 0 saturated heterocycles. The first kappa shape index (κ1) is 15.2. The molecule has 1 amide bonds. The predicted molar refractivity (Wildman–Crippen MR) is 85.2 cm³/mol. The number of hydrogen-bond acceptors (Lipinski definition) is 2. The van der Waals surface area contributed by atoms with Crippen LogP contribution in [0.1, 0.15) is 54.3 Å². The molecular formula is C18H22N2O. The number of benzene rings is 1. The van der Waals surface area contributed by atoms with E-state index < -0.39 is 0 Å². The number of nitrogens with one attached hydrogen (secondary N) is 1. The Balaban J connectivity index is 1.97. The van der Waals surface area contributed by atoms with Crippen molar-refractivity contribution in [3.05, 3.63) is 65.5 Å². The van der Waals surface area contributed by atoms with Gasteiger partial charge >= 0.3 is 0 Å². The molecule has 0 aliphatic rings. The first-order chi connectivity index (χ1) is 10.2. The summed E-state index contributed by atoms with van der Waals surface area (Å²) in [5, 5.41) is 2.97. The second-order valence-electron chi connectivity index (χ2n) is 5.26. The van der Waals surface area contributed by atoms with E-state index in [-0.39, 0.29) is 11.9 Å². The first-order valence-electron chi connectivity index (χ1n) is 7.51. The van der Waals surface area contributed by atoms with Crippen LogP contribution in [0.3, 0.4) is 0 Å². The van der Waals surface area contributed by atoms with E-state index in [0.717, 1.165) is 24.8 Å². The van der Waals surface area contributed by atoms with Crippen molar-refractivity contribution in [2.75, 3.05) is 0 Å². The summed E-state index contributed by atoms with van der Waals surface area (Å²) in [6, 6.07) is 13.7. The van der Waals surface area contributed by atoms with Crippen LogP contribution in [0.15, 0.2) is 48.7 Å². The minimum absolute atomic E-state index is 0.0275. The molecule has 0 spiro atoms. The maximum absolute atomic E-state index is 12.2. The van der Waals surface area contributed by atoms with Crippen molar-refractivity contribution in [2.45, 2.75) is 39.2 Å². The van der Waals surface area contributed by atoms with Crippen LogP contribution in [0, 0.1) is 0 Å². The van der Waals surface area contributed by atoms with Gasteiger partial charge in [-0.2, -0.15) is 0 Å². The average Bonchev–Trinajstić information content (AvgIpc) is 2.54. The van der Waals surface area contributed by atoms with E-state index >= 15 is 0 Å². The number of unbranched alkanes of at least 4 members (excludes halogenated alkanes) is 1. The molecule has 0 saturated carbocycles. The summed E-state index contributed by atoms with van der Waals surface area (Å²) >= 11 is 0. The van der Waals surface area contributed by atoms with Gasteiger partial charge < -0.3 is 5.32 Å². The Bertz CT molecular complexity index is 564. The number of amides is 1. The molecule has 0 aliphatic carbocycles. The Morgan fingerprint density at radius 1 is 1.19 bits per heavy atom. The number of pyridine rings is 1. The van der Waals surface area contributed by atoms with Crippen molar-refractivity contribution in [1.29, 1.82) is 0 Å². The van der Waals surface area contributed by atoms with Gasteiger partial charge in [0.15, 0.2) is 0 Å². The molecule has 0 radical (unpaired) electrons. The highest BCUT2D eigenvalue weighted by Crippen LogP contribution is 2.12. The molecule has 21 heavy (non-hydrogen) atoms. The van der Waals surface area contributed by atoms with Gasteiger partial charge in [0, 0.05) is 6.20 Å². The standard InChI is InChI=1S/C18H22N2O/c1-3-4-8-15-11-12-17(19-13-15)18(21)20-14(2)16-9-6-5-7-10-16/h5-7,9-14H,3-4,8H2,1-2H3,(H,20,21)/t14-/m1/s1. The molecule has 2 aromatic rings. The van der Waals surface area contributed by atoms with E-state index in [2.05, 4.69) is 17.2 Å². The number of rotatable bonds is 6. The maximum atomic E-state index is 12.2. The van der Waals surface area contributed by atoms with Gasteiger partial charge in [0.1, 0.15) is 5.69 Å². The molecule has 0 fully saturated rings. The third-order valence-electron chi connectivity index (χ3n) is 3.52. The first-order valence-corrected chi connectivity index (χ1v) is 7.51. The van der Waals surface area contributed by atoms with Crippen LogP contribution >= 0.6 is 0 Å². The van der Waals surface area contributed by atoms with Crippen LogP contribution in [0.5, 0.6) is 0 Å². The summed E-state index contributed by atoms with van der Waals surface area (Å²) in [4.78, 5) is 16.4. The van der Waals surface area contributed by atoms with E-state index in [0.29, 0.717) is 5.69 Å². The Labute approximate surface area is 126 Å². The number of carbonyl (C=O) groups is 1. The van der Waals surface area contributed by atoms with Crippen molar-refractivity contribution in [3.8, 4) is 0 Å². The van der Waals surface area contributed by atoms with Gasteiger partial charge in [0.2, 0.25) is 0 Å². The summed E-state index contributed by atoms with van der Waals surface area (Å²) in [5.74, 6) is -0.131. The number of carbonyl (C=O) groups excluding carboxylic acids is 1. The maximum Gasteiger partial charge on any atom is 0.270 e. The number of hydrogen-bond donors (Lipinski definition) is 1. The van der Waals surface area contributed by atoms with E-state index in [9.17, 15) is 4.79 Å². The predicted octanol–water partition coefficient (Wildman–Crippen LogP) is 3.92. The van der Waals surface area contributed by atoms with E-state index in [1.165, 1.54) is 5.56 Å². The second-order valence-corrected chi connectivity index (χ2v) is 5.26. The number of nitrogens with zero attached hydrogens (tertiary/aromatic N) is 1. The Morgan fingerprint density at radius 2 is 1.95 bits per heavy atom. The second kappa shape index (κ2) is 7.58. The van der Waals surface area contributed by atoms with Crippen molar-refractivity contribution < 1.29 is 4.79 Å². The molecule has 1 N–H and O–H groups in total. The summed E-state index contributed by atoms with van der Waals surface area (Å²) in [6.45, 7) is 4.14. The lowest BCUT2D eigenvalue weighted by molar-refractivity contribution is 0.0935. The SMILES string of the molecule is CCCCc1ccc(C(=O)N[C@H](C)c2ccccc2)nc1. The van der Waals surface area contributed by atoms with Crippen LogP contribution in [0.2, 0.25) is 0 Å². The van der Waals surface area contributed by atoms with Gasteiger partial charge in [0.25, 0.3) is 5.91 Å². The zero-order chi connectivity index (χ0) is 15.1. The number of aryl methyl sites for hydroxylation is 1. The van der Waals surface area contributed by atoms with Crippen molar-refractivity contribution in [1.82, 2.24) is 10.3 Å². The summed E-state index contributed by atoms with van der Waals surface area (Å²) < 4.78 is 0. The summed E-state index contributed by atoms with van der Waals surface area (Å²) in [7, 11) is 0. The van der Waals surface area contributed by atoms with Gasteiger partial charge in [0.05, 0.1) is 6.04 Å². The minimum atomic E-state index is -0.131. The highest BCUT2D eigenvalue weighted by Gasteiger charge is 2.12. The van der Waals surface area contributed by atoms with Crippen molar-refractivity contribution >= 4 is 5.91 Å². The molecule has 3 heteroatoms. The molecule has 0 unspecified atom stereocenters. The zero-order valence-corrected chi connectivity index (χ0v) is 12.7. The molecule has 1 aromatic heterocycles. The fourth-order valence-corrected chi connectivity index (χ4v) is 2.18. The van der Waals surface area contributed by atoms with E-state index in [1.54, 1.807) is 12.3 Å². The van der Waals surface area contributed by atoms with Crippen LogP contribution in [-0.4, -0.2) is 10.9 Å². The summed E-state index contributed by atoms with van der Waals surface area (Å²) in [5.41, 5.74) is 2.74. The normalized spacial score (nSPS) is 11.9. The van der Waals surface area contributed by atoms with Gasteiger partial charge in [-0.15, -0.1) is 0 Å². The zero-order valence-electron chi connectivity index (χ0n) is 12.7. The molecule has 3 nitrogen and oxygen atoms in total. The molecule has 110 valence electrons. The van der Waals surface area contributed by atoms with Gasteiger partial charge in [-0.1, -0.05) is 49.7 Å². The molecule has 1 atom stereocenters. The molecule has 1 aromatic carbocycles. The quantitative estimate of drug-likeness (QED) is 0.872. The highest BCUT2D eigenvalue weighted by atomic mass is 16.1. The lowest BCUT2D eigenvalue weighted by Crippen LogP contribution is -2.27. The molecule has 1 heterocycles. The average molecular weight is 282 g/mol. The molecule has 0 aliphatic heterocycles. The fraction of sp³-hybridized carbons (Fsp3) is 0.333. The van der Waals surface area contributed by atoms with Crippen LogP contribution in [-0.2, 0) is 6.42 Å². The molecule has 2 rings (SSSR count). The lowest BCUT2D eigenvalue weighted by Gasteiger charge is -2.14. The van der Waals surface area contributed by atoms with Gasteiger partial charge in [-0.3, -0.25) is 9.78 Å². The third-order valence-corrected chi connectivity index (χ3v) is 3.52. The van der Waals surface area contributed by atoms with Crippen molar-refractivity contribution in [3.63, 3.8) is 0 Å². The smallest absolute Gasteiger partial charge is 0.270 e. The Hall–Kier alpha value is -2.16. The van der Waals surface area contributed by atoms with Crippen LogP contribution < -0.4 is 5.32 Å². The topological polar surface area (TPSA) is 42.0 Å². The molecular weight excluding hydrogens is 260 g/mol. The lowest BCUT2D eigenvalue weighted by atomic mass is 10.1. The Morgan fingerprint density at radius 3 is 2.57 bits per heavy atom. The highest BCUT2D eigenvalue weighted by molar-refractivity contribution is 5.92. The van der Waals surface area contributed by atoms with Gasteiger partial charge in [-0.05, 0) is 37.0 Å². The largest absolute Gasteiger partial charge is 0.344 e. The third kappa shape index (κ3) is 4.42. The van der Waals surface area contributed by atoms with E-state index in [1.807, 2.05) is 43.3 Å². The molecule has 0 bridgehead atoms. The minimum Gasteiger partial charge on any atom is -0.344 e. The number of aromatic nitrogens is 1. The van der Waals surface area contributed by atoms with Gasteiger partial charge in [-0.25, -0.2) is 0 Å². The summed E-state index contributed by atoms with van der Waals surface area (Å²) in [6.07, 6.45) is 5.14. The van der Waals surface area contributed by atoms with Crippen LogP contribution in [0.25, 0.3) is 0 Å². The fourth-order valence-electron chi connectivity index (χ4n) is 2.18. The van der Waals surface area contributed by atoms with Crippen LogP contribution in [0.4, 0.5) is 0 Å². The Kier molecular flexibility index (Phi) is 5.50. The monoisotopic (exact) mass is 282 g/mol. The van der Waals surface area contributed by atoms with Crippen molar-refractivity contribution in [2.24, 2.45) is 0 Å².